The first kappa shape index (κ1) is 14.3. The molecule has 3 rings (SSSR count). The van der Waals surface area contributed by atoms with Crippen LogP contribution in [0.25, 0.3) is 0 Å². The SMILES string of the molecule is O=C(Nc1ccncc1)c1ccn(Cn2cnc([N+](=O)[O-])n2)n1. The van der Waals surface area contributed by atoms with E-state index in [4.69, 9.17) is 0 Å². The van der Waals surface area contributed by atoms with Crippen LogP contribution in [0.3, 0.4) is 0 Å². The molecule has 3 aromatic rings. The van der Waals surface area contributed by atoms with E-state index in [1.807, 2.05) is 0 Å². The van der Waals surface area contributed by atoms with Crippen molar-refractivity contribution in [3.63, 3.8) is 0 Å². The van der Waals surface area contributed by atoms with Crippen molar-refractivity contribution in [1.82, 2.24) is 29.5 Å². The van der Waals surface area contributed by atoms with Crippen LogP contribution in [-0.4, -0.2) is 40.4 Å². The number of rotatable bonds is 5. The Kier molecular flexibility index (Phi) is 3.74. The third-order valence-corrected chi connectivity index (χ3v) is 2.79. The molecule has 0 aliphatic heterocycles. The van der Waals surface area contributed by atoms with E-state index in [0.29, 0.717) is 5.69 Å². The molecule has 116 valence electrons. The van der Waals surface area contributed by atoms with Crippen LogP contribution in [0.4, 0.5) is 11.6 Å². The van der Waals surface area contributed by atoms with Crippen LogP contribution in [-0.2, 0) is 6.67 Å². The molecule has 0 atom stereocenters. The van der Waals surface area contributed by atoms with Crippen LogP contribution < -0.4 is 5.32 Å². The summed E-state index contributed by atoms with van der Waals surface area (Å²) in [6.45, 7) is 0.101. The standard InChI is InChI=1S/C12H10N8O3/c21-11(15-9-1-4-13-5-2-9)10-3-6-18(16-10)8-19-7-14-12(17-19)20(22)23/h1-7H,8H2,(H,13,15,21). The maximum atomic E-state index is 12.0. The first-order valence-electron chi connectivity index (χ1n) is 6.40. The summed E-state index contributed by atoms with van der Waals surface area (Å²) >= 11 is 0. The minimum Gasteiger partial charge on any atom is -0.390 e. The van der Waals surface area contributed by atoms with Gasteiger partial charge in [0.05, 0.1) is 0 Å². The van der Waals surface area contributed by atoms with Gasteiger partial charge in [0.25, 0.3) is 5.91 Å². The molecular weight excluding hydrogens is 304 g/mol. The van der Waals surface area contributed by atoms with Crippen molar-refractivity contribution < 1.29 is 9.72 Å². The highest BCUT2D eigenvalue weighted by Crippen LogP contribution is 2.06. The van der Waals surface area contributed by atoms with Gasteiger partial charge >= 0.3 is 5.95 Å². The van der Waals surface area contributed by atoms with E-state index in [0.717, 1.165) is 0 Å². The van der Waals surface area contributed by atoms with Crippen molar-refractivity contribution >= 4 is 17.5 Å². The molecule has 3 heterocycles. The molecule has 11 heteroatoms. The minimum atomic E-state index is -0.687. The molecule has 1 amide bonds. The predicted octanol–water partition coefficient (Wildman–Crippen LogP) is 0.536. The number of amides is 1. The van der Waals surface area contributed by atoms with Crippen molar-refractivity contribution in [2.45, 2.75) is 6.67 Å². The van der Waals surface area contributed by atoms with Crippen LogP contribution in [0, 0.1) is 10.1 Å². The Labute approximate surface area is 128 Å². The van der Waals surface area contributed by atoms with E-state index in [1.54, 1.807) is 30.7 Å². The van der Waals surface area contributed by atoms with E-state index in [1.165, 1.54) is 21.8 Å². The van der Waals surface area contributed by atoms with Crippen molar-refractivity contribution in [3.05, 3.63) is 58.9 Å². The van der Waals surface area contributed by atoms with E-state index >= 15 is 0 Å². The van der Waals surface area contributed by atoms with Crippen molar-refractivity contribution in [3.8, 4) is 0 Å². The molecule has 0 aliphatic rings. The molecule has 0 saturated carbocycles. The van der Waals surface area contributed by atoms with Crippen LogP contribution in [0.2, 0.25) is 0 Å². The summed E-state index contributed by atoms with van der Waals surface area (Å²) in [6, 6.07) is 4.84. The number of nitrogens with zero attached hydrogens (tertiary/aromatic N) is 7. The summed E-state index contributed by atoms with van der Waals surface area (Å²) in [7, 11) is 0. The molecule has 0 spiro atoms. The lowest BCUT2D eigenvalue weighted by Crippen LogP contribution is -2.15. The Morgan fingerprint density at radius 2 is 2.00 bits per heavy atom. The molecule has 0 unspecified atom stereocenters. The lowest BCUT2D eigenvalue weighted by molar-refractivity contribution is -0.394. The highest BCUT2D eigenvalue weighted by atomic mass is 16.6. The molecule has 11 nitrogen and oxygen atoms in total. The third kappa shape index (κ3) is 3.34. The first-order valence-corrected chi connectivity index (χ1v) is 6.40. The highest BCUT2D eigenvalue weighted by Gasteiger charge is 2.14. The predicted molar refractivity (Wildman–Crippen MR) is 76.5 cm³/mol. The van der Waals surface area contributed by atoms with Crippen LogP contribution in [0.15, 0.2) is 43.1 Å². The number of carbonyl (C=O) groups excluding carboxylic acids is 1. The number of hydrogen-bond donors (Lipinski definition) is 1. The molecule has 0 bridgehead atoms. The number of carbonyl (C=O) groups is 1. The summed E-state index contributed by atoms with van der Waals surface area (Å²) in [5.74, 6) is -0.868. The summed E-state index contributed by atoms with van der Waals surface area (Å²) < 4.78 is 2.66. The molecular formula is C12H10N8O3. The van der Waals surface area contributed by atoms with Gasteiger partial charge in [-0.25, -0.2) is 4.68 Å². The van der Waals surface area contributed by atoms with E-state index in [-0.39, 0.29) is 18.3 Å². The first-order chi connectivity index (χ1) is 11.1. The molecule has 0 aromatic carbocycles. The quantitative estimate of drug-likeness (QED) is 0.536. The average Bonchev–Trinajstić information content (AvgIpc) is 3.18. The zero-order valence-electron chi connectivity index (χ0n) is 11.6. The van der Waals surface area contributed by atoms with Gasteiger partial charge in [-0.1, -0.05) is 4.98 Å². The fraction of sp³-hybridized carbons (Fsp3) is 0.0833. The second-order valence-electron chi connectivity index (χ2n) is 4.41. The number of anilines is 1. The topological polar surface area (TPSA) is 134 Å². The van der Waals surface area contributed by atoms with E-state index in [9.17, 15) is 14.9 Å². The molecule has 1 N–H and O–H groups in total. The van der Waals surface area contributed by atoms with Crippen LogP contribution in [0.1, 0.15) is 10.5 Å². The zero-order chi connectivity index (χ0) is 16.2. The lowest BCUT2D eigenvalue weighted by atomic mass is 10.3. The van der Waals surface area contributed by atoms with Gasteiger partial charge in [-0.2, -0.15) is 9.78 Å². The molecule has 3 aromatic heterocycles. The van der Waals surface area contributed by atoms with E-state index in [2.05, 4.69) is 25.5 Å². The second kappa shape index (κ2) is 6.01. The smallest absolute Gasteiger partial charge is 0.390 e. The molecule has 0 aliphatic carbocycles. The van der Waals surface area contributed by atoms with Gasteiger partial charge < -0.3 is 15.4 Å². The number of aromatic nitrogens is 6. The number of pyridine rings is 1. The fourth-order valence-corrected chi connectivity index (χ4v) is 1.78. The van der Waals surface area contributed by atoms with Crippen molar-refractivity contribution in [2.24, 2.45) is 0 Å². The summed E-state index contributed by atoms with van der Waals surface area (Å²) in [6.07, 6.45) is 5.91. The zero-order valence-corrected chi connectivity index (χ0v) is 11.6. The third-order valence-electron chi connectivity index (χ3n) is 2.79. The van der Waals surface area contributed by atoms with E-state index < -0.39 is 10.9 Å². The number of hydrogen-bond acceptors (Lipinski definition) is 7. The Hall–Kier alpha value is -3.63. The van der Waals surface area contributed by atoms with Gasteiger partial charge in [0.2, 0.25) is 6.33 Å². The highest BCUT2D eigenvalue weighted by molar-refractivity contribution is 6.02. The Bertz CT molecular complexity index is 841. The number of nitrogens with one attached hydrogen (secondary N) is 1. The van der Waals surface area contributed by atoms with Gasteiger partial charge in [0.15, 0.2) is 12.4 Å². The Balaban J connectivity index is 1.67. The van der Waals surface area contributed by atoms with Crippen molar-refractivity contribution in [1.29, 1.82) is 0 Å². The molecule has 23 heavy (non-hydrogen) atoms. The largest absolute Gasteiger partial charge is 0.491 e. The molecule has 0 fully saturated rings. The summed E-state index contributed by atoms with van der Waals surface area (Å²) in [5.41, 5.74) is 0.808. The van der Waals surface area contributed by atoms with Crippen LogP contribution in [0.5, 0.6) is 0 Å². The fourth-order valence-electron chi connectivity index (χ4n) is 1.78. The van der Waals surface area contributed by atoms with Gasteiger partial charge in [0.1, 0.15) is 0 Å². The van der Waals surface area contributed by atoms with Gasteiger partial charge in [-0.05, 0) is 23.1 Å². The monoisotopic (exact) mass is 314 g/mol. The summed E-state index contributed by atoms with van der Waals surface area (Å²) in [5, 5.41) is 20.9. The van der Waals surface area contributed by atoms with Gasteiger partial charge in [0, 0.05) is 29.4 Å². The second-order valence-corrected chi connectivity index (χ2v) is 4.41. The number of nitro groups is 1. The van der Waals surface area contributed by atoms with Crippen LogP contribution >= 0.6 is 0 Å². The van der Waals surface area contributed by atoms with Crippen molar-refractivity contribution in [2.75, 3.05) is 5.32 Å². The molecule has 0 radical (unpaired) electrons. The van der Waals surface area contributed by atoms with Gasteiger partial charge in [-0.15, -0.1) is 0 Å². The maximum absolute atomic E-state index is 12.0. The Morgan fingerprint density at radius 3 is 2.70 bits per heavy atom. The summed E-state index contributed by atoms with van der Waals surface area (Å²) in [4.78, 5) is 29.3. The average molecular weight is 314 g/mol. The minimum absolute atomic E-state index is 0.101. The normalized spacial score (nSPS) is 10.4. The molecule has 0 saturated heterocycles. The Morgan fingerprint density at radius 1 is 1.22 bits per heavy atom. The maximum Gasteiger partial charge on any atom is 0.491 e. The van der Waals surface area contributed by atoms with Gasteiger partial charge in [-0.3, -0.25) is 9.78 Å². The lowest BCUT2D eigenvalue weighted by Gasteiger charge is -2.02.